The van der Waals surface area contributed by atoms with Gasteiger partial charge in [-0.05, 0) is 56.5 Å². The number of anilines is 1. The molecule has 0 radical (unpaired) electrons. The number of amides is 2. The Hall–Kier alpha value is -2.78. The molecule has 178 valence electrons. The van der Waals surface area contributed by atoms with Crippen LogP contribution in [0, 0.1) is 11.7 Å². The molecule has 1 aliphatic rings. The van der Waals surface area contributed by atoms with E-state index in [9.17, 15) is 22.4 Å². The van der Waals surface area contributed by atoms with E-state index in [2.05, 4.69) is 5.32 Å². The fraction of sp³-hybridized carbons (Fsp3) is 0.417. The maximum atomic E-state index is 13.1. The van der Waals surface area contributed by atoms with Crippen LogP contribution in [0.15, 0.2) is 48.5 Å². The monoisotopic (exact) mass is 475 g/mol. The highest BCUT2D eigenvalue weighted by molar-refractivity contribution is 7.88. The van der Waals surface area contributed by atoms with E-state index in [1.807, 2.05) is 13.8 Å². The number of carbonyl (C=O) groups is 2. The fourth-order valence-electron chi connectivity index (χ4n) is 3.97. The molecule has 2 aromatic rings. The van der Waals surface area contributed by atoms with E-state index in [4.69, 9.17) is 0 Å². The number of carbonyl (C=O) groups excluding carboxylic acids is 2. The lowest BCUT2D eigenvalue weighted by atomic mass is 9.97. The molecule has 1 heterocycles. The summed E-state index contributed by atoms with van der Waals surface area (Å²) in [6.07, 6.45) is 0.779. The van der Waals surface area contributed by atoms with Crippen molar-refractivity contribution in [2.75, 3.05) is 31.5 Å². The molecule has 7 nitrogen and oxygen atoms in total. The number of nitrogens with zero attached hydrogens (tertiary/aromatic N) is 2. The first kappa shape index (κ1) is 24.9. The third-order valence-electron chi connectivity index (χ3n) is 5.95. The average Bonchev–Trinajstić information content (AvgIpc) is 2.81. The summed E-state index contributed by atoms with van der Waals surface area (Å²) in [4.78, 5) is 27.4. The van der Waals surface area contributed by atoms with Crippen LogP contribution in [0.3, 0.4) is 0 Å². The highest BCUT2D eigenvalue weighted by Crippen LogP contribution is 2.25. The number of benzene rings is 2. The van der Waals surface area contributed by atoms with Gasteiger partial charge in [0.1, 0.15) is 5.82 Å². The molecule has 33 heavy (non-hydrogen) atoms. The number of halogens is 1. The Morgan fingerprint density at radius 1 is 1.03 bits per heavy atom. The second-order valence-electron chi connectivity index (χ2n) is 8.07. The van der Waals surface area contributed by atoms with Crippen LogP contribution in [0.25, 0.3) is 0 Å². The van der Waals surface area contributed by atoms with Gasteiger partial charge in [0.15, 0.2) is 0 Å². The Kier molecular flexibility index (Phi) is 8.20. The zero-order chi connectivity index (χ0) is 24.0. The van der Waals surface area contributed by atoms with Gasteiger partial charge in [-0.2, -0.15) is 0 Å². The van der Waals surface area contributed by atoms with E-state index in [1.165, 1.54) is 28.6 Å². The lowest BCUT2D eigenvalue weighted by Gasteiger charge is -2.30. The maximum absolute atomic E-state index is 13.1. The average molecular weight is 476 g/mol. The molecule has 0 atom stereocenters. The van der Waals surface area contributed by atoms with E-state index < -0.39 is 15.8 Å². The van der Waals surface area contributed by atoms with Gasteiger partial charge in [0.25, 0.3) is 5.91 Å². The molecule has 9 heteroatoms. The van der Waals surface area contributed by atoms with Gasteiger partial charge in [0.2, 0.25) is 15.9 Å². The van der Waals surface area contributed by atoms with Crippen LogP contribution in [0.4, 0.5) is 10.1 Å². The zero-order valence-electron chi connectivity index (χ0n) is 19.0. The van der Waals surface area contributed by atoms with Crippen molar-refractivity contribution in [2.45, 2.75) is 32.4 Å². The number of hydrogen-bond donors (Lipinski definition) is 1. The number of sulfonamides is 1. The summed E-state index contributed by atoms with van der Waals surface area (Å²) in [5.41, 5.74) is 1.42. The third kappa shape index (κ3) is 6.17. The highest BCUT2D eigenvalue weighted by Gasteiger charge is 2.31. The second-order valence-corrected chi connectivity index (χ2v) is 10.0. The molecule has 1 aliphatic heterocycles. The lowest BCUT2D eigenvalue weighted by molar-refractivity contribution is -0.120. The van der Waals surface area contributed by atoms with Crippen molar-refractivity contribution >= 4 is 27.5 Å². The molecule has 0 spiro atoms. The van der Waals surface area contributed by atoms with Crippen molar-refractivity contribution in [2.24, 2.45) is 5.92 Å². The molecule has 0 aromatic heterocycles. The molecular formula is C24H30FN3O4S. The molecule has 0 unspecified atom stereocenters. The number of para-hydroxylation sites is 1. The Balaban J connectivity index is 1.61. The molecule has 1 saturated heterocycles. The van der Waals surface area contributed by atoms with Crippen LogP contribution in [0.1, 0.15) is 42.6 Å². The van der Waals surface area contributed by atoms with Crippen LogP contribution in [-0.4, -0.2) is 55.6 Å². The number of nitrogens with one attached hydrogen (secondary N) is 1. The smallest absolute Gasteiger partial charge is 0.255 e. The minimum Gasteiger partial charge on any atom is -0.339 e. The van der Waals surface area contributed by atoms with Crippen LogP contribution in [0.5, 0.6) is 0 Å². The van der Waals surface area contributed by atoms with E-state index in [0.29, 0.717) is 42.7 Å². The standard InChI is InChI=1S/C24H30FN3O4S/c1-3-27(4-2)24(30)21-7-5-6-8-22(21)26-23(29)19-13-15-28(16-14-19)33(31,32)17-18-9-11-20(25)12-10-18/h5-12,19H,3-4,13-17H2,1-2H3,(H,26,29). The lowest BCUT2D eigenvalue weighted by Crippen LogP contribution is -2.42. The fourth-order valence-corrected chi connectivity index (χ4v) is 5.54. The first-order valence-electron chi connectivity index (χ1n) is 11.2. The van der Waals surface area contributed by atoms with Crippen molar-refractivity contribution < 1.29 is 22.4 Å². The predicted molar refractivity (Wildman–Crippen MR) is 126 cm³/mol. The molecule has 1 fully saturated rings. The van der Waals surface area contributed by atoms with Gasteiger partial charge in [0.05, 0.1) is 17.0 Å². The highest BCUT2D eigenvalue weighted by atomic mass is 32.2. The van der Waals surface area contributed by atoms with Gasteiger partial charge in [-0.1, -0.05) is 24.3 Å². The summed E-state index contributed by atoms with van der Waals surface area (Å²) in [6, 6.07) is 12.3. The third-order valence-corrected chi connectivity index (χ3v) is 7.80. The van der Waals surface area contributed by atoms with Crippen LogP contribution in [-0.2, 0) is 20.6 Å². The van der Waals surface area contributed by atoms with Gasteiger partial charge >= 0.3 is 0 Å². The minimum atomic E-state index is -3.56. The molecule has 1 N–H and O–H groups in total. The quantitative estimate of drug-likeness (QED) is 0.633. The van der Waals surface area contributed by atoms with Gasteiger partial charge in [0, 0.05) is 32.1 Å². The van der Waals surface area contributed by atoms with Crippen LogP contribution < -0.4 is 5.32 Å². The van der Waals surface area contributed by atoms with E-state index in [1.54, 1.807) is 29.2 Å². The molecule has 0 saturated carbocycles. The SMILES string of the molecule is CCN(CC)C(=O)c1ccccc1NC(=O)C1CCN(S(=O)(=O)Cc2ccc(F)cc2)CC1. The Bertz CT molecular complexity index is 1080. The Morgan fingerprint density at radius 3 is 2.24 bits per heavy atom. The normalized spacial score (nSPS) is 15.2. The summed E-state index contributed by atoms with van der Waals surface area (Å²) in [7, 11) is -3.56. The molecule has 2 amide bonds. The summed E-state index contributed by atoms with van der Waals surface area (Å²) in [5.74, 6) is -1.32. The first-order chi connectivity index (χ1) is 15.7. The topological polar surface area (TPSA) is 86.8 Å². The molecule has 0 aliphatic carbocycles. The molecule has 0 bridgehead atoms. The zero-order valence-corrected chi connectivity index (χ0v) is 19.8. The van der Waals surface area contributed by atoms with Crippen molar-refractivity contribution in [1.82, 2.24) is 9.21 Å². The maximum Gasteiger partial charge on any atom is 0.255 e. The Labute approximate surface area is 194 Å². The summed E-state index contributed by atoms with van der Waals surface area (Å²) < 4.78 is 39.9. The van der Waals surface area contributed by atoms with Crippen LogP contribution in [0.2, 0.25) is 0 Å². The Morgan fingerprint density at radius 2 is 1.64 bits per heavy atom. The first-order valence-corrected chi connectivity index (χ1v) is 12.8. The molecule has 3 rings (SSSR count). The number of piperidine rings is 1. The van der Waals surface area contributed by atoms with Crippen molar-refractivity contribution in [3.8, 4) is 0 Å². The van der Waals surface area contributed by atoms with Crippen molar-refractivity contribution in [1.29, 1.82) is 0 Å². The van der Waals surface area contributed by atoms with Crippen LogP contribution >= 0.6 is 0 Å². The molecule has 2 aromatic carbocycles. The van der Waals surface area contributed by atoms with E-state index in [0.717, 1.165) is 0 Å². The van der Waals surface area contributed by atoms with E-state index in [-0.39, 0.29) is 36.6 Å². The van der Waals surface area contributed by atoms with Crippen molar-refractivity contribution in [3.05, 3.63) is 65.5 Å². The molecular weight excluding hydrogens is 445 g/mol. The summed E-state index contributed by atoms with van der Waals surface area (Å²) >= 11 is 0. The number of hydrogen-bond acceptors (Lipinski definition) is 4. The number of rotatable bonds is 8. The minimum absolute atomic E-state index is 0.141. The van der Waals surface area contributed by atoms with Gasteiger partial charge in [-0.3, -0.25) is 9.59 Å². The van der Waals surface area contributed by atoms with Gasteiger partial charge in [-0.15, -0.1) is 0 Å². The largest absolute Gasteiger partial charge is 0.339 e. The van der Waals surface area contributed by atoms with Gasteiger partial charge in [-0.25, -0.2) is 17.1 Å². The second kappa shape index (κ2) is 10.9. The van der Waals surface area contributed by atoms with E-state index >= 15 is 0 Å². The summed E-state index contributed by atoms with van der Waals surface area (Å²) in [5, 5.41) is 2.87. The predicted octanol–water partition coefficient (Wildman–Crippen LogP) is 3.49. The van der Waals surface area contributed by atoms with Gasteiger partial charge < -0.3 is 10.2 Å². The van der Waals surface area contributed by atoms with Crippen molar-refractivity contribution in [3.63, 3.8) is 0 Å². The summed E-state index contributed by atoms with van der Waals surface area (Å²) in [6.45, 7) is 5.43.